The SMILES string of the molecule is COc1cc2c(cc1OC)CN(C(=O)C=Cc1c(-c3ccccc3)n(C)c3ncccc13)CC2.Cl. The standard InChI is InChI=1S/C28H27N3O3.ClH/c1-30-27(19-8-5-4-6-9-19)22(23-10-7-14-29-28(23)30)11-12-26(32)31-15-13-20-16-24(33-2)25(34-3)17-21(20)18-31;/h4-12,14,16-17H,13,15,18H2,1-3H3;1H. The number of ether oxygens (including phenoxy) is 2. The molecule has 0 radical (unpaired) electrons. The first kappa shape index (κ1) is 24.4. The molecule has 0 fully saturated rings. The molecule has 2 aromatic carbocycles. The van der Waals surface area contributed by atoms with Crippen molar-refractivity contribution in [1.29, 1.82) is 0 Å². The molecule has 5 rings (SSSR count). The Morgan fingerprint density at radius 2 is 1.71 bits per heavy atom. The Morgan fingerprint density at radius 1 is 1.00 bits per heavy atom. The predicted octanol–water partition coefficient (Wildman–Crippen LogP) is 5.28. The van der Waals surface area contributed by atoms with Gasteiger partial charge in [-0.2, -0.15) is 0 Å². The number of hydrogen-bond acceptors (Lipinski definition) is 4. The third-order valence-corrected chi connectivity index (χ3v) is 6.45. The average molecular weight is 490 g/mol. The van der Waals surface area contributed by atoms with Gasteiger partial charge in [-0.05, 0) is 53.5 Å². The summed E-state index contributed by atoms with van der Waals surface area (Å²) >= 11 is 0. The number of methoxy groups -OCH3 is 2. The molecule has 0 N–H and O–H groups in total. The number of rotatable bonds is 5. The number of carbonyl (C=O) groups is 1. The highest BCUT2D eigenvalue weighted by Crippen LogP contribution is 2.35. The van der Waals surface area contributed by atoms with Crippen LogP contribution in [-0.4, -0.2) is 41.1 Å². The van der Waals surface area contributed by atoms with Crippen molar-refractivity contribution in [2.45, 2.75) is 13.0 Å². The smallest absolute Gasteiger partial charge is 0.246 e. The largest absolute Gasteiger partial charge is 0.493 e. The third kappa shape index (κ3) is 4.49. The highest BCUT2D eigenvalue weighted by Gasteiger charge is 2.22. The first-order valence-corrected chi connectivity index (χ1v) is 11.3. The van der Waals surface area contributed by atoms with Crippen LogP contribution in [0.25, 0.3) is 28.4 Å². The molecule has 180 valence electrons. The van der Waals surface area contributed by atoms with Crippen LogP contribution >= 0.6 is 12.4 Å². The van der Waals surface area contributed by atoms with Gasteiger partial charge in [-0.25, -0.2) is 4.98 Å². The van der Waals surface area contributed by atoms with Gasteiger partial charge >= 0.3 is 0 Å². The fourth-order valence-electron chi connectivity index (χ4n) is 4.73. The lowest BCUT2D eigenvalue weighted by Gasteiger charge is -2.28. The van der Waals surface area contributed by atoms with E-state index in [9.17, 15) is 4.79 Å². The summed E-state index contributed by atoms with van der Waals surface area (Å²) in [5, 5.41) is 1.02. The van der Waals surface area contributed by atoms with Gasteiger partial charge in [0.25, 0.3) is 0 Å². The van der Waals surface area contributed by atoms with E-state index >= 15 is 0 Å². The zero-order valence-electron chi connectivity index (χ0n) is 20.0. The highest BCUT2D eigenvalue weighted by molar-refractivity contribution is 6.00. The van der Waals surface area contributed by atoms with Crippen molar-refractivity contribution >= 4 is 35.4 Å². The van der Waals surface area contributed by atoms with Crippen LogP contribution in [0, 0.1) is 0 Å². The van der Waals surface area contributed by atoms with Crippen molar-refractivity contribution in [1.82, 2.24) is 14.5 Å². The van der Waals surface area contributed by atoms with Gasteiger partial charge in [-0.1, -0.05) is 30.3 Å². The molecule has 2 aromatic heterocycles. The predicted molar refractivity (Wildman–Crippen MR) is 141 cm³/mol. The fourth-order valence-corrected chi connectivity index (χ4v) is 4.73. The molecule has 35 heavy (non-hydrogen) atoms. The number of amides is 1. The number of nitrogens with zero attached hydrogens (tertiary/aromatic N) is 3. The molecule has 0 bridgehead atoms. The van der Waals surface area contributed by atoms with Crippen molar-refractivity contribution in [2.24, 2.45) is 7.05 Å². The molecule has 0 saturated carbocycles. The normalized spacial score (nSPS) is 12.9. The average Bonchev–Trinajstić information content (AvgIpc) is 3.18. The van der Waals surface area contributed by atoms with E-state index in [-0.39, 0.29) is 18.3 Å². The van der Waals surface area contributed by atoms with E-state index < -0.39 is 0 Å². The number of aromatic nitrogens is 2. The number of aryl methyl sites for hydroxylation is 1. The number of halogens is 1. The summed E-state index contributed by atoms with van der Waals surface area (Å²) in [7, 11) is 5.28. The maximum absolute atomic E-state index is 13.2. The molecule has 1 aliphatic rings. The monoisotopic (exact) mass is 489 g/mol. The highest BCUT2D eigenvalue weighted by atomic mass is 35.5. The summed E-state index contributed by atoms with van der Waals surface area (Å²) in [6.07, 6.45) is 6.19. The molecule has 1 aliphatic heterocycles. The zero-order valence-corrected chi connectivity index (χ0v) is 20.8. The molecule has 0 saturated heterocycles. The lowest BCUT2D eigenvalue weighted by molar-refractivity contribution is -0.126. The Morgan fingerprint density at radius 3 is 2.43 bits per heavy atom. The van der Waals surface area contributed by atoms with Gasteiger partial charge in [-0.15, -0.1) is 12.4 Å². The van der Waals surface area contributed by atoms with Crippen LogP contribution in [0.1, 0.15) is 16.7 Å². The second-order valence-electron chi connectivity index (χ2n) is 8.38. The van der Waals surface area contributed by atoms with Gasteiger partial charge in [0.05, 0.1) is 19.9 Å². The van der Waals surface area contributed by atoms with E-state index in [1.54, 1.807) is 26.5 Å². The number of hydrogen-bond donors (Lipinski definition) is 0. The van der Waals surface area contributed by atoms with E-state index in [2.05, 4.69) is 27.8 Å². The molecule has 0 atom stereocenters. The van der Waals surface area contributed by atoms with Crippen molar-refractivity contribution in [2.75, 3.05) is 20.8 Å². The Balaban J connectivity index is 0.00000289. The molecular weight excluding hydrogens is 462 g/mol. The van der Waals surface area contributed by atoms with Crippen LogP contribution in [0.3, 0.4) is 0 Å². The molecule has 0 unspecified atom stereocenters. The summed E-state index contributed by atoms with van der Waals surface area (Å²) in [5.74, 6) is 1.39. The van der Waals surface area contributed by atoms with Crippen molar-refractivity contribution in [3.8, 4) is 22.8 Å². The van der Waals surface area contributed by atoms with Crippen LogP contribution in [0.15, 0.2) is 66.9 Å². The van der Waals surface area contributed by atoms with Crippen molar-refractivity contribution in [3.63, 3.8) is 0 Å². The quantitative estimate of drug-likeness (QED) is 0.358. The van der Waals surface area contributed by atoms with Gasteiger partial charge in [0.1, 0.15) is 5.65 Å². The molecule has 7 heteroatoms. The maximum atomic E-state index is 13.2. The van der Waals surface area contributed by atoms with Crippen molar-refractivity contribution < 1.29 is 14.3 Å². The summed E-state index contributed by atoms with van der Waals surface area (Å²) in [4.78, 5) is 19.7. The van der Waals surface area contributed by atoms with E-state index in [4.69, 9.17) is 9.47 Å². The molecule has 0 spiro atoms. The Labute approximate surface area is 211 Å². The second kappa shape index (κ2) is 10.2. The molecule has 4 aromatic rings. The van der Waals surface area contributed by atoms with Crippen LogP contribution in [-0.2, 0) is 24.8 Å². The Kier molecular flexibility index (Phi) is 7.12. The van der Waals surface area contributed by atoms with E-state index in [1.165, 1.54) is 5.56 Å². The fraction of sp³-hybridized carbons (Fsp3) is 0.214. The number of pyridine rings is 1. The van der Waals surface area contributed by atoms with Gasteiger partial charge in [0.15, 0.2) is 11.5 Å². The van der Waals surface area contributed by atoms with Gasteiger partial charge < -0.3 is 18.9 Å². The van der Waals surface area contributed by atoms with Gasteiger partial charge in [0, 0.05) is 43.4 Å². The molecule has 0 aliphatic carbocycles. The third-order valence-electron chi connectivity index (χ3n) is 6.45. The number of carbonyl (C=O) groups excluding carboxylic acids is 1. The summed E-state index contributed by atoms with van der Waals surface area (Å²) in [6.45, 7) is 1.20. The Bertz CT molecular complexity index is 1400. The lowest BCUT2D eigenvalue weighted by Crippen LogP contribution is -2.34. The molecule has 6 nitrogen and oxygen atoms in total. The van der Waals surface area contributed by atoms with Crippen molar-refractivity contribution in [3.05, 3.63) is 83.6 Å². The molecular formula is C28H28ClN3O3. The van der Waals surface area contributed by atoms with E-state index in [0.29, 0.717) is 18.8 Å². The molecule has 1 amide bonds. The summed E-state index contributed by atoms with van der Waals surface area (Å²) in [6, 6.07) is 18.2. The maximum Gasteiger partial charge on any atom is 0.246 e. The minimum Gasteiger partial charge on any atom is -0.493 e. The van der Waals surface area contributed by atoms with E-state index in [0.717, 1.165) is 45.6 Å². The Hall–Kier alpha value is -3.77. The van der Waals surface area contributed by atoms with Crippen LogP contribution in [0.5, 0.6) is 11.5 Å². The van der Waals surface area contributed by atoms with Crippen LogP contribution < -0.4 is 9.47 Å². The number of fused-ring (bicyclic) bond motifs is 2. The number of benzene rings is 2. The summed E-state index contributed by atoms with van der Waals surface area (Å²) < 4.78 is 13.0. The minimum absolute atomic E-state index is 0. The molecule has 3 heterocycles. The minimum atomic E-state index is -0.0136. The lowest BCUT2D eigenvalue weighted by atomic mass is 9.98. The topological polar surface area (TPSA) is 56.6 Å². The second-order valence-corrected chi connectivity index (χ2v) is 8.38. The van der Waals surface area contributed by atoms with Crippen LogP contribution in [0.2, 0.25) is 0 Å². The van der Waals surface area contributed by atoms with Crippen LogP contribution in [0.4, 0.5) is 0 Å². The zero-order chi connectivity index (χ0) is 23.7. The first-order valence-electron chi connectivity index (χ1n) is 11.3. The van der Waals surface area contributed by atoms with Gasteiger partial charge in [0.2, 0.25) is 5.91 Å². The van der Waals surface area contributed by atoms with E-state index in [1.807, 2.05) is 54.4 Å². The summed E-state index contributed by atoms with van der Waals surface area (Å²) in [5.41, 5.74) is 6.29. The van der Waals surface area contributed by atoms with Gasteiger partial charge in [-0.3, -0.25) is 4.79 Å². The first-order chi connectivity index (χ1) is 16.6.